The van der Waals surface area contributed by atoms with Gasteiger partial charge in [0.25, 0.3) is 0 Å². The van der Waals surface area contributed by atoms with Crippen LogP contribution in [-0.4, -0.2) is 30.2 Å². The number of rotatable bonds is 9. The molecule has 0 radical (unpaired) electrons. The monoisotopic (exact) mass is 313 g/mol. The summed E-state index contributed by atoms with van der Waals surface area (Å²) < 4.78 is 104. The summed E-state index contributed by atoms with van der Waals surface area (Å²) in [6, 6.07) is 0. The Hall–Kier alpha value is -0.860. The molecule has 0 aliphatic carbocycles. The number of allylic oxidation sites excluding steroid dienone is 1. The van der Waals surface area contributed by atoms with Crippen LogP contribution in [0.25, 0.3) is 0 Å². The second kappa shape index (κ2) is 6.28. The highest BCUT2D eigenvalue weighted by atomic mass is 19.4. The summed E-state index contributed by atoms with van der Waals surface area (Å²) in [6.07, 6.45) is -0.610. The zero-order valence-corrected chi connectivity index (χ0v) is 10.4. The summed E-state index contributed by atoms with van der Waals surface area (Å²) in [5.41, 5.74) is 4.25. The highest BCUT2D eigenvalue weighted by molar-refractivity contribution is 5.03. The molecule has 20 heavy (non-hydrogen) atoms. The first-order chi connectivity index (χ1) is 8.87. The van der Waals surface area contributed by atoms with Gasteiger partial charge in [0.05, 0.1) is 6.54 Å². The lowest BCUT2D eigenvalue weighted by atomic mass is 9.95. The highest BCUT2D eigenvalue weighted by Gasteiger charge is 2.79. The fourth-order valence-corrected chi connectivity index (χ4v) is 1.38. The van der Waals surface area contributed by atoms with E-state index < -0.39 is 43.1 Å². The predicted molar refractivity (Wildman–Crippen MR) is 57.5 cm³/mol. The van der Waals surface area contributed by atoms with E-state index in [1.807, 2.05) is 0 Å². The third-order valence-corrected chi connectivity index (χ3v) is 2.72. The largest absolute Gasteiger partial charge is 0.379 e. The molecule has 0 aromatic heterocycles. The van der Waals surface area contributed by atoms with Crippen LogP contribution >= 0.6 is 0 Å². The first-order valence-corrected chi connectivity index (χ1v) is 5.69. The average molecular weight is 313 g/mol. The Kier molecular flexibility index (Phi) is 6.01. The van der Waals surface area contributed by atoms with Crippen molar-refractivity contribution in [2.45, 2.75) is 49.4 Å². The first-order valence-electron chi connectivity index (χ1n) is 5.69. The SMILES string of the molecule is C=CCCCCC(F)(F)C(F)(F)C(F)(F)C(F)(F)CN. The molecule has 0 atom stereocenters. The quantitative estimate of drug-likeness (QED) is 0.385. The van der Waals surface area contributed by atoms with Crippen molar-refractivity contribution in [3.05, 3.63) is 12.7 Å². The van der Waals surface area contributed by atoms with E-state index in [1.54, 1.807) is 0 Å². The van der Waals surface area contributed by atoms with Gasteiger partial charge >= 0.3 is 23.7 Å². The van der Waals surface area contributed by atoms with Crippen molar-refractivity contribution < 1.29 is 35.1 Å². The summed E-state index contributed by atoms with van der Waals surface area (Å²) in [5, 5.41) is 0. The maximum Gasteiger partial charge on any atom is 0.379 e. The molecule has 0 aromatic rings. The van der Waals surface area contributed by atoms with E-state index >= 15 is 0 Å². The molecule has 9 heteroatoms. The van der Waals surface area contributed by atoms with Crippen molar-refractivity contribution in [3.63, 3.8) is 0 Å². The molecule has 0 rings (SSSR count). The van der Waals surface area contributed by atoms with E-state index in [0.717, 1.165) is 0 Å². The number of unbranched alkanes of at least 4 members (excludes halogenated alkanes) is 2. The van der Waals surface area contributed by atoms with Crippen molar-refractivity contribution in [1.29, 1.82) is 0 Å². The van der Waals surface area contributed by atoms with Crippen molar-refractivity contribution in [2.24, 2.45) is 5.73 Å². The summed E-state index contributed by atoms with van der Waals surface area (Å²) >= 11 is 0. The Morgan fingerprint density at radius 3 is 1.65 bits per heavy atom. The maximum atomic E-state index is 13.2. The minimum Gasteiger partial charge on any atom is -0.325 e. The number of halogens is 8. The molecule has 0 amide bonds. The molecule has 1 nitrogen and oxygen atoms in total. The molecular weight excluding hydrogens is 298 g/mol. The van der Waals surface area contributed by atoms with Gasteiger partial charge in [-0.05, 0) is 19.3 Å². The van der Waals surface area contributed by atoms with Crippen LogP contribution in [0.4, 0.5) is 35.1 Å². The summed E-state index contributed by atoms with van der Waals surface area (Å²) in [5.74, 6) is -23.1. The normalized spacial score (nSPS) is 14.4. The molecule has 0 heterocycles. The van der Waals surface area contributed by atoms with Gasteiger partial charge in [-0.1, -0.05) is 6.08 Å². The van der Waals surface area contributed by atoms with Crippen molar-refractivity contribution in [2.75, 3.05) is 6.54 Å². The molecule has 0 aliphatic heterocycles. The summed E-state index contributed by atoms with van der Waals surface area (Å²) in [6.45, 7) is 1.09. The summed E-state index contributed by atoms with van der Waals surface area (Å²) in [7, 11) is 0. The molecule has 0 unspecified atom stereocenters. The van der Waals surface area contributed by atoms with E-state index in [4.69, 9.17) is 0 Å². The molecule has 0 aromatic carbocycles. The number of alkyl halides is 8. The Labute approximate surface area is 110 Å². The van der Waals surface area contributed by atoms with Crippen LogP contribution in [0.3, 0.4) is 0 Å². The third-order valence-electron chi connectivity index (χ3n) is 2.72. The van der Waals surface area contributed by atoms with Gasteiger partial charge in [-0.2, -0.15) is 35.1 Å². The topological polar surface area (TPSA) is 26.0 Å². The zero-order valence-electron chi connectivity index (χ0n) is 10.4. The maximum absolute atomic E-state index is 13.2. The highest BCUT2D eigenvalue weighted by Crippen LogP contribution is 2.53. The molecule has 0 bridgehead atoms. The van der Waals surface area contributed by atoms with Gasteiger partial charge in [0.2, 0.25) is 0 Å². The van der Waals surface area contributed by atoms with Gasteiger partial charge < -0.3 is 5.73 Å². The second-order valence-corrected chi connectivity index (χ2v) is 4.30. The smallest absolute Gasteiger partial charge is 0.325 e. The van der Waals surface area contributed by atoms with E-state index in [2.05, 4.69) is 12.3 Å². The van der Waals surface area contributed by atoms with Gasteiger partial charge in [0, 0.05) is 6.42 Å². The van der Waals surface area contributed by atoms with Crippen LogP contribution in [0, 0.1) is 0 Å². The van der Waals surface area contributed by atoms with E-state index in [9.17, 15) is 35.1 Å². The number of hydrogen-bond acceptors (Lipinski definition) is 1. The van der Waals surface area contributed by atoms with Gasteiger partial charge in [0.15, 0.2) is 0 Å². The lowest BCUT2D eigenvalue weighted by Gasteiger charge is -2.36. The molecule has 0 spiro atoms. The fraction of sp³-hybridized carbons (Fsp3) is 0.818. The van der Waals surface area contributed by atoms with Crippen molar-refractivity contribution in [1.82, 2.24) is 0 Å². The Morgan fingerprint density at radius 2 is 1.25 bits per heavy atom. The van der Waals surface area contributed by atoms with Crippen molar-refractivity contribution in [3.8, 4) is 0 Å². The zero-order chi connectivity index (χ0) is 16.2. The fourth-order valence-electron chi connectivity index (χ4n) is 1.38. The van der Waals surface area contributed by atoms with Crippen LogP contribution in [0.15, 0.2) is 12.7 Å². The van der Waals surface area contributed by atoms with Crippen LogP contribution in [0.1, 0.15) is 25.7 Å². The van der Waals surface area contributed by atoms with Gasteiger partial charge in [0.1, 0.15) is 0 Å². The molecule has 120 valence electrons. The van der Waals surface area contributed by atoms with Crippen LogP contribution in [0.2, 0.25) is 0 Å². The van der Waals surface area contributed by atoms with Gasteiger partial charge in [-0.25, -0.2) is 0 Å². The van der Waals surface area contributed by atoms with E-state index in [0.29, 0.717) is 0 Å². The molecule has 0 fully saturated rings. The second-order valence-electron chi connectivity index (χ2n) is 4.30. The summed E-state index contributed by atoms with van der Waals surface area (Å²) in [4.78, 5) is 0. The number of hydrogen-bond donors (Lipinski definition) is 1. The first kappa shape index (κ1) is 19.1. The van der Waals surface area contributed by atoms with Crippen LogP contribution in [0.5, 0.6) is 0 Å². The van der Waals surface area contributed by atoms with Crippen molar-refractivity contribution >= 4 is 0 Å². The Bertz CT molecular complexity index is 326. The standard InChI is InChI=1S/C11H15F8N/c1-2-3-4-5-6-8(12,13)10(16,17)11(18,19)9(14,15)7-20/h2H,1,3-7,20H2. The van der Waals surface area contributed by atoms with E-state index in [-0.39, 0.29) is 12.8 Å². The minimum atomic E-state index is -6.24. The lowest BCUT2D eigenvalue weighted by molar-refractivity contribution is -0.364. The predicted octanol–water partition coefficient (Wildman–Crippen LogP) is 4.23. The molecular formula is C11H15F8N. The number of nitrogens with two attached hydrogens (primary N) is 1. The molecule has 0 aliphatic rings. The molecule has 2 N–H and O–H groups in total. The van der Waals surface area contributed by atoms with E-state index in [1.165, 1.54) is 6.08 Å². The molecule has 0 saturated heterocycles. The lowest BCUT2D eigenvalue weighted by Crippen LogP contribution is -2.64. The van der Waals surface area contributed by atoms with Crippen LogP contribution in [-0.2, 0) is 0 Å². The minimum absolute atomic E-state index is 0.00796. The third kappa shape index (κ3) is 3.42. The van der Waals surface area contributed by atoms with Gasteiger partial charge in [-0.15, -0.1) is 6.58 Å². The van der Waals surface area contributed by atoms with Crippen LogP contribution < -0.4 is 5.73 Å². The molecule has 0 saturated carbocycles. The van der Waals surface area contributed by atoms with Gasteiger partial charge in [-0.3, -0.25) is 0 Å². The average Bonchev–Trinajstić information content (AvgIpc) is 2.34. The Morgan fingerprint density at radius 1 is 0.800 bits per heavy atom. The Balaban J connectivity index is 5.12.